The normalized spacial score (nSPS) is 33.2. The van der Waals surface area contributed by atoms with Crippen LogP contribution in [0.4, 0.5) is 0 Å². The molecule has 108 valence electrons. The van der Waals surface area contributed by atoms with E-state index in [0.717, 1.165) is 25.7 Å². The molecule has 1 heterocycles. The summed E-state index contributed by atoms with van der Waals surface area (Å²) in [6.45, 7) is 5.79. The monoisotopic (exact) mass is 268 g/mol. The van der Waals surface area contributed by atoms with E-state index in [4.69, 9.17) is 5.73 Å². The van der Waals surface area contributed by atoms with Crippen LogP contribution in [0.3, 0.4) is 0 Å². The van der Waals surface area contributed by atoms with Crippen molar-refractivity contribution in [3.8, 4) is 0 Å². The largest absolute Gasteiger partial charge is 0.388 e. The van der Waals surface area contributed by atoms with Gasteiger partial charge in [-0.2, -0.15) is 0 Å². The van der Waals surface area contributed by atoms with Crippen molar-refractivity contribution in [3.05, 3.63) is 0 Å². The maximum atomic E-state index is 12.4. The van der Waals surface area contributed by atoms with E-state index >= 15 is 0 Å². The Morgan fingerprint density at radius 2 is 2.00 bits per heavy atom. The predicted molar refractivity (Wildman–Crippen MR) is 71.1 cm³/mol. The fourth-order valence-electron chi connectivity index (χ4n) is 3.46. The Labute approximate surface area is 114 Å². The Morgan fingerprint density at radius 3 is 2.37 bits per heavy atom. The van der Waals surface area contributed by atoms with Gasteiger partial charge >= 0.3 is 0 Å². The SMILES string of the molecule is CC1CCC2(CC1)CN([C@H](C(N)=O)C(C)(C)O)C2=O. The summed E-state index contributed by atoms with van der Waals surface area (Å²) in [5.41, 5.74) is 3.76. The van der Waals surface area contributed by atoms with Gasteiger partial charge in [0.25, 0.3) is 0 Å². The molecule has 1 aliphatic carbocycles. The van der Waals surface area contributed by atoms with Gasteiger partial charge in [-0.25, -0.2) is 0 Å². The number of carbonyl (C=O) groups excluding carboxylic acids is 2. The molecular formula is C14H24N2O3. The molecule has 2 amide bonds. The molecule has 0 aromatic rings. The van der Waals surface area contributed by atoms with Gasteiger partial charge in [0.05, 0.1) is 11.0 Å². The van der Waals surface area contributed by atoms with Crippen molar-refractivity contribution in [2.24, 2.45) is 17.1 Å². The van der Waals surface area contributed by atoms with E-state index in [9.17, 15) is 14.7 Å². The Bertz CT molecular complexity index is 392. The Hall–Kier alpha value is -1.10. The first-order chi connectivity index (χ1) is 8.67. The Kier molecular flexibility index (Phi) is 3.37. The fourth-order valence-corrected chi connectivity index (χ4v) is 3.46. The van der Waals surface area contributed by atoms with Crippen molar-refractivity contribution in [2.45, 2.75) is 58.1 Å². The van der Waals surface area contributed by atoms with Gasteiger partial charge in [0.1, 0.15) is 6.04 Å². The highest BCUT2D eigenvalue weighted by atomic mass is 16.3. The van der Waals surface area contributed by atoms with Crippen LogP contribution < -0.4 is 5.73 Å². The molecule has 5 nitrogen and oxygen atoms in total. The van der Waals surface area contributed by atoms with Crippen LogP contribution in [0.25, 0.3) is 0 Å². The summed E-state index contributed by atoms with van der Waals surface area (Å²) in [4.78, 5) is 25.4. The van der Waals surface area contributed by atoms with Crippen LogP contribution >= 0.6 is 0 Å². The Morgan fingerprint density at radius 1 is 1.47 bits per heavy atom. The van der Waals surface area contributed by atoms with Crippen molar-refractivity contribution in [3.63, 3.8) is 0 Å². The average molecular weight is 268 g/mol. The molecule has 1 spiro atoms. The Balaban J connectivity index is 2.10. The molecule has 1 saturated heterocycles. The molecule has 2 rings (SSSR count). The van der Waals surface area contributed by atoms with Crippen LogP contribution in [0, 0.1) is 11.3 Å². The first-order valence-electron chi connectivity index (χ1n) is 7.00. The molecule has 2 aliphatic rings. The van der Waals surface area contributed by atoms with Crippen LogP contribution in [-0.2, 0) is 9.59 Å². The quantitative estimate of drug-likeness (QED) is 0.737. The van der Waals surface area contributed by atoms with Crippen molar-refractivity contribution in [1.29, 1.82) is 0 Å². The van der Waals surface area contributed by atoms with Gasteiger partial charge in [-0.1, -0.05) is 6.92 Å². The van der Waals surface area contributed by atoms with Gasteiger partial charge in [0.15, 0.2) is 0 Å². The molecule has 1 atom stereocenters. The summed E-state index contributed by atoms with van der Waals surface area (Å²) in [5, 5.41) is 10.0. The standard InChI is InChI=1S/C14H24N2O3/c1-9-4-6-14(7-5-9)8-16(12(14)18)10(11(15)17)13(2,3)19/h9-10,19H,4-8H2,1-3H3,(H2,15,17)/t9?,10-,14?/m1/s1. The number of aliphatic hydroxyl groups is 1. The number of hydrogen-bond donors (Lipinski definition) is 2. The van der Waals surface area contributed by atoms with Gasteiger partial charge in [-0.15, -0.1) is 0 Å². The highest BCUT2D eigenvalue weighted by molar-refractivity contribution is 5.94. The fraction of sp³-hybridized carbons (Fsp3) is 0.857. The number of rotatable bonds is 3. The lowest BCUT2D eigenvalue weighted by molar-refractivity contribution is -0.180. The number of carbonyl (C=O) groups is 2. The summed E-state index contributed by atoms with van der Waals surface area (Å²) >= 11 is 0. The van der Waals surface area contributed by atoms with E-state index in [0.29, 0.717) is 12.5 Å². The lowest BCUT2D eigenvalue weighted by Gasteiger charge is -2.55. The van der Waals surface area contributed by atoms with Gasteiger partial charge in [0, 0.05) is 6.54 Å². The molecule has 0 bridgehead atoms. The third kappa shape index (κ3) is 2.36. The highest BCUT2D eigenvalue weighted by Gasteiger charge is 2.57. The molecule has 0 aromatic carbocycles. The first-order valence-corrected chi connectivity index (χ1v) is 7.00. The summed E-state index contributed by atoms with van der Waals surface area (Å²) in [5.74, 6) is 0.0268. The van der Waals surface area contributed by atoms with Crippen molar-refractivity contribution in [1.82, 2.24) is 4.90 Å². The maximum absolute atomic E-state index is 12.4. The molecular weight excluding hydrogens is 244 g/mol. The number of β-lactam (4-membered cyclic amide) rings is 1. The number of likely N-dealkylation sites (tertiary alicyclic amines) is 1. The van der Waals surface area contributed by atoms with Gasteiger partial charge in [-0.3, -0.25) is 9.59 Å². The second kappa shape index (κ2) is 4.47. The van der Waals surface area contributed by atoms with Crippen LogP contribution in [0.5, 0.6) is 0 Å². The number of hydrogen-bond acceptors (Lipinski definition) is 3. The van der Waals surface area contributed by atoms with Crippen LogP contribution in [0.1, 0.15) is 46.5 Å². The topological polar surface area (TPSA) is 83.6 Å². The van der Waals surface area contributed by atoms with Crippen LogP contribution in [-0.4, -0.2) is 40.0 Å². The van der Waals surface area contributed by atoms with Gasteiger partial charge in [0.2, 0.25) is 11.8 Å². The lowest BCUT2D eigenvalue weighted by atomic mass is 9.64. The predicted octanol–water partition coefficient (Wildman–Crippen LogP) is 0.650. The van der Waals surface area contributed by atoms with E-state index in [1.54, 1.807) is 0 Å². The zero-order valence-corrected chi connectivity index (χ0v) is 12.0. The van der Waals surface area contributed by atoms with Crippen molar-refractivity contribution >= 4 is 11.8 Å². The summed E-state index contributed by atoms with van der Waals surface area (Å²) in [7, 11) is 0. The number of nitrogens with zero attached hydrogens (tertiary/aromatic N) is 1. The third-order valence-corrected chi connectivity index (χ3v) is 4.67. The third-order valence-electron chi connectivity index (χ3n) is 4.67. The lowest BCUT2D eigenvalue weighted by Crippen LogP contribution is -2.71. The van der Waals surface area contributed by atoms with E-state index < -0.39 is 17.6 Å². The molecule has 1 saturated carbocycles. The number of amides is 2. The minimum absolute atomic E-state index is 0.00896. The van der Waals surface area contributed by atoms with E-state index in [-0.39, 0.29) is 11.3 Å². The molecule has 19 heavy (non-hydrogen) atoms. The summed E-state index contributed by atoms with van der Waals surface area (Å²) < 4.78 is 0. The number of nitrogens with two attached hydrogens (primary N) is 1. The average Bonchev–Trinajstić information content (AvgIpc) is 2.28. The second-order valence-electron chi connectivity index (χ2n) is 6.85. The molecule has 1 aliphatic heterocycles. The zero-order valence-electron chi connectivity index (χ0n) is 12.0. The number of primary amides is 1. The van der Waals surface area contributed by atoms with E-state index in [1.165, 1.54) is 18.7 Å². The zero-order chi connectivity index (χ0) is 14.4. The first kappa shape index (κ1) is 14.3. The molecule has 0 aromatic heterocycles. The molecule has 5 heteroatoms. The van der Waals surface area contributed by atoms with E-state index in [1.807, 2.05) is 0 Å². The second-order valence-corrected chi connectivity index (χ2v) is 6.85. The van der Waals surface area contributed by atoms with Crippen LogP contribution in [0.15, 0.2) is 0 Å². The minimum Gasteiger partial charge on any atom is -0.388 e. The van der Waals surface area contributed by atoms with Gasteiger partial charge in [-0.05, 0) is 45.4 Å². The van der Waals surface area contributed by atoms with Crippen LogP contribution in [0.2, 0.25) is 0 Å². The molecule has 2 fully saturated rings. The summed E-state index contributed by atoms with van der Waals surface area (Å²) in [6.07, 6.45) is 3.90. The molecule has 0 radical (unpaired) electrons. The van der Waals surface area contributed by atoms with Crippen molar-refractivity contribution < 1.29 is 14.7 Å². The van der Waals surface area contributed by atoms with Crippen molar-refractivity contribution in [2.75, 3.05) is 6.54 Å². The summed E-state index contributed by atoms with van der Waals surface area (Å²) in [6, 6.07) is -0.926. The highest BCUT2D eigenvalue weighted by Crippen LogP contribution is 2.48. The van der Waals surface area contributed by atoms with Gasteiger partial charge < -0.3 is 15.7 Å². The van der Waals surface area contributed by atoms with E-state index in [2.05, 4.69) is 6.92 Å². The smallest absolute Gasteiger partial charge is 0.243 e. The minimum atomic E-state index is -1.30. The maximum Gasteiger partial charge on any atom is 0.243 e. The molecule has 3 N–H and O–H groups in total. The molecule has 0 unspecified atom stereocenters.